The molecule has 2 N–H and O–H groups in total. The number of aryl methyl sites for hydroxylation is 1. The molecule has 1 aliphatic heterocycles. The third-order valence-electron chi connectivity index (χ3n) is 4.51. The van der Waals surface area contributed by atoms with E-state index in [2.05, 4.69) is 34.9 Å². The Hall–Kier alpha value is -0.900. The predicted octanol–water partition coefficient (Wildman–Crippen LogP) is 1.73. The third kappa shape index (κ3) is 3.16. The summed E-state index contributed by atoms with van der Waals surface area (Å²) in [5.74, 6) is 0. The summed E-state index contributed by atoms with van der Waals surface area (Å²) in [4.78, 5) is 5.25. The first kappa shape index (κ1) is 13.1. The maximum atomic E-state index is 5.69. The van der Waals surface area contributed by atoms with Gasteiger partial charge in [0.15, 0.2) is 0 Å². The lowest BCUT2D eigenvalue weighted by Crippen LogP contribution is -2.46. The standard InChI is InChI=1S/C16H25N3/c1-13-10-14(11-17)2-3-15(13)12-18-6-8-19(9-7-18)16-4-5-16/h2-3,10,16H,4-9,11-12,17H2,1H3. The molecule has 1 aromatic rings. The molecular formula is C16H25N3. The summed E-state index contributed by atoms with van der Waals surface area (Å²) in [6, 6.07) is 7.58. The second kappa shape index (κ2) is 5.61. The SMILES string of the molecule is Cc1cc(CN)ccc1CN1CCN(C2CC2)CC1. The molecule has 2 fully saturated rings. The summed E-state index contributed by atoms with van der Waals surface area (Å²) in [6.45, 7) is 8.88. The molecule has 0 radical (unpaired) electrons. The van der Waals surface area contributed by atoms with Crippen LogP contribution in [0.1, 0.15) is 29.5 Å². The van der Waals surface area contributed by atoms with Crippen LogP contribution in [0.3, 0.4) is 0 Å². The van der Waals surface area contributed by atoms with Gasteiger partial charge in [-0.1, -0.05) is 18.2 Å². The highest BCUT2D eigenvalue weighted by atomic mass is 15.3. The molecule has 3 heteroatoms. The summed E-state index contributed by atoms with van der Waals surface area (Å²) >= 11 is 0. The maximum absolute atomic E-state index is 5.69. The average Bonchev–Trinajstić information content (AvgIpc) is 3.26. The van der Waals surface area contributed by atoms with Crippen LogP contribution in [0.5, 0.6) is 0 Å². The number of nitrogens with zero attached hydrogens (tertiary/aromatic N) is 2. The number of rotatable bonds is 4. The van der Waals surface area contributed by atoms with Gasteiger partial charge < -0.3 is 5.73 Å². The summed E-state index contributed by atoms with van der Waals surface area (Å²) < 4.78 is 0. The minimum atomic E-state index is 0.640. The van der Waals surface area contributed by atoms with Gasteiger partial charge in [0.1, 0.15) is 0 Å². The van der Waals surface area contributed by atoms with E-state index in [1.165, 1.54) is 55.7 Å². The minimum Gasteiger partial charge on any atom is -0.326 e. The Bertz CT molecular complexity index is 432. The van der Waals surface area contributed by atoms with Crippen LogP contribution >= 0.6 is 0 Å². The van der Waals surface area contributed by atoms with E-state index in [1.807, 2.05) is 0 Å². The smallest absolute Gasteiger partial charge is 0.0237 e. The van der Waals surface area contributed by atoms with Crippen LogP contribution in [-0.2, 0) is 13.1 Å². The first-order valence-corrected chi connectivity index (χ1v) is 7.51. The fraction of sp³-hybridized carbons (Fsp3) is 0.625. The van der Waals surface area contributed by atoms with Gasteiger partial charge in [-0.15, -0.1) is 0 Å². The van der Waals surface area contributed by atoms with Gasteiger partial charge in [0.2, 0.25) is 0 Å². The van der Waals surface area contributed by atoms with Gasteiger partial charge >= 0.3 is 0 Å². The fourth-order valence-electron chi connectivity index (χ4n) is 3.03. The summed E-state index contributed by atoms with van der Waals surface area (Å²) in [5, 5.41) is 0. The van der Waals surface area contributed by atoms with E-state index in [0.29, 0.717) is 6.54 Å². The van der Waals surface area contributed by atoms with Crippen LogP contribution in [0.25, 0.3) is 0 Å². The average molecular weight is 259 g/mol. The second-order valence-corrected chi connectivity index (χ2v) is 6.01. The number of benzene rings is 1. The minimum absolute atomic E-state index is 0.640. The van der Waals surface area contributed by atoms with Crippen LogP contribution in [0.4, 0.5) is 0 Å². The quantitative estimate of drug-likeness (QED) is 0.894. The van der Waals surface area contributed by atoms with Crippen molar-refractivity contribution in [3.05, 3.63) is 34.9 Å². The Labute approximate surface area is 116 Å². The van der Waals surface area contributed by atoms with Crippen molar-refractivity contribution >= 4 is 0 Å². The van der Waals surface area contributed by atoms with Crippen molar-refractivity contribution in [1.29, 1.82) is 0 Å². The largest absolute Gasteiger partial charge is 0.326 e. The Morgan fingerprint density at radius 3 is 2.47 bits per heavy atom. The molecule has 1 aliphatic carbocycles. The van der Waals surface area contributed by atoms with Crippen LogP contribution < -0.4 is 5.73 Å². The van der Waals surface area contributed by atoms with Gasteiger partial charge in [-0.2, -0.15) is 0 Å². The Morgan fingerprint density at radius 2 is 1.89 bits per heavy atom. The van der Waals surface area contributed by atoms with Crippen LogP contribution in [0.2, 0.25) is 0 Å². The van der Waals surface area contributed by atoms with E-state index >= 15 is 0 Å². The van der Waals surface area contributed by atoms with Crippen molar-refractivity contribution in [2.45, 2.75) is 38.9 Å². The summed E-state index contributed by atoms with van der Waals surface area (Å²) in [7, 11) is 0. The molecule has 3 nitrogen and oxygen atoms in total. The lowest BCUT2D eigenvalue weighted by atomic mass is 10.0. The van der Waals surface area contributed by atoms with Gasteiger partial charge in [0.25, 0.3) is 0 Å². The zero-order chi connectivity index (χ0) is 13.2. The van der Waals surface area contributed by atoms with E-state index in [0.717, 1.165) is 12.6 Å². The Kier molecular flexibility index (Phi) is 3.87. The van der Waals surface area contributed by atoms with E-state index < -0.39 is 0 Å². The number of piperazine rings is 1. The molecule has 0 atom stereocenters. The highest BCUT2D eigenvalue weighted by Crippen LogP contribution is 2.27. The number of hydrogen-bond acceptors (Lipinski definition) is 3. The lowest BCUT2D eigenvalue weighted by molar-refractivity contribution is 0.121. The number of hydrogen-bond donors (Lipinski definition) is 1. The molecule has 19 heavy (non-hydrogen) atoms. The normalized spacial score (nSPS) is 21.8. The van der Waals surface area contributed by atoms with E-state index in [4.69, 9.17) is 5.73 Å². The van der Waals surface area contributed by atoms with Crippen LogP contribution in [0.15, 0.2) is 18.2 Å². The highest BCUT2D eigenvalue weighted by Gasteiger charge is 2.31. The first-order valence-electron chi connectivity index (χ1n) is 7.51. The van der Waals surface area contributed by atoms with Gasteiger partial charge in [0, 0.05) is 45.3 Å². The van der Waals surface area contributed by atoms with Crippen molar-refractivity contribution in [3.8, 4) is 0 Å². The predicted molar refractivity (Wildman–Crippen MR) is 78.9 cm³/mol. The summed E-state index contributed by atoms with van der Waals surface area (Å²) in [5.41, 5.74) is 9.76. The maximum Gasteiger partial charge on any atom is 0.0237 e. The molecule has 2 aliphatic rings. The topological polar surface area (TPSA) is 32.5 Å². The number of nitrogens with two attached hydrogens (primary N) is 1. The molecule has 0 aromatic heterocycles. The zero-order valence-corrected chi connectivity index (χ0v) is 11.9. The molecular weight excluding hydrogens is 234 g/mol. The summed E-state index contributed by atoms with van der Waals surface area (Å²) in [6.07, 6.45) is 2.86. The zero-order valence-electron chi connectivity index (χ0n) is 11.9. The van der Waals surface area contributed by atoms with Gasteiger partial charge in [-0.05, 0) is 36.5 Å². The van der Waals surface area contributed by atoms with Crippen molar-refractivity contribution in [2.75, 3.05) is 26.2 Å². The van der Waals surface area contributed by atoms with Gasteiger partial charge in [0.05, 0.1) is 0 Å². The fourth-order valence-corrected chi connectivity index (χ4v) is 3.03. The molecule has 104 valence electrons. The molecule has 0 spiro atoms. The Morgan fingerprint density at radius 1 is 1.16 bits per heavy atom. The van der Waals surface area contributed by atoms with Gasteiger partial charge in [-0.25, -0.2) is 0 Å². The van der Waals surface area contributed by atoms with Crippen molar-refractivity contribution in [1.82, 2.24) is 9.80 Å². The molecule has 1 saturated carbocycles. The van der Waals surface area contributed by atoms with Crippen molar-refractivity contribution in [2.24, 2.45) is 5.73 Å². The van der Waals surface area contributed by atoms with Crippen LogP contribution in [0, 0.1) is 6.92 Å². The molecule has 1 heterocycles. The molecule has 0 unspecified atom stereocenters. The van der Waals surface area contributed by atoms with Crippen molar-refractivity contribution in [3.63, 3.8) is 0 Å². The molecule has 0 amide bonds. The molecule has 0 bridgehead atoms. The lowest BCUT2D eigenvalue weighted by Gasteiger charge is -2.35. The molecule has 3 rings (SSSR count). The van der Waals surface area contributed by atoms with E-state index in [9.17, 15) is 0 Å². The van der Waals surface area contributed by atoms with Gasteiger partial charge in [-0.3, -0.25) is 9.80 Å². The first-order chi connectivity index (χ1) is 9.26. The van der Waals surface area contributed by atoms with E-state index in [-0.39, 0.29) is 0 Å². The van der Waals surface area contributed by atoms with Crippen LogP contribution in [-0.4, -0.2) is 42.0 Å². The monoisotopic (exact) mass is 259 g/mol. The second-order valence-electron chi connectivity index (χ2n) is 6.01. The van der Waals surface area contributed by atoms with E-state index in [1.54, 1.807) is 0 Å². The molecule has 1 saturated heterocycles. The highest BCUT2D eigenvalue weighted by molar-refractivity contribution is 5.31. The van der Waals surface area contributed by atoms with Crippen molar-refractivity contribution < 1.29 is 0 Å². The Balaban J connectivity index is 1.56. The molecule has 1 aromatic carbocycles. The third-order valence-corrected chi connectivity index (χ3v) is 4.51.